The van der Waals surface area contributed by atoms with Crippen molar-refractivity contribution in [1.29, 1.82) is 0 Å². The second-order valence-corrected chi connectivity index (χ2v) is 12.0. The summed E-state index contributed by atoms with van der Waals surface area (Å²) >= 11 is 6.84. The number of phenols is 1. The molecule has 2 unspecified atom stereocenters. The van der Waals surface area contributed by atoms with E-state index in [1.165, 1.54) is 0 Å². The smallest absolute Gasteiger partial charge is 0.319 e. The van der Waals surface area contributed by atoms with E-state index in [2.05, 4.69) is 34.2 Å². The third kappa shape index (κ3) is 5.92. The van der Waals surface area contributed by atoms with Crippen LogP contribution in [0.25, 0.3) is 32.8 Å². The van der Waals surface area contributed by atoms with E-state index in [0.29, 0.717) is 35.5 Å². The Morgan fingerprint density at radius 3 is 2.56 bits per heavy atom. The zero-order chi connectivity index (χ0) is 28.5. The monoisotopic (exact) mass is 577 g/mol. The highest BCUT2D eigenvalue weighted by Crippen LogP contribution is 2.42. The Labute approximate surface area is 245 Å². The normalized spacial score (nSPS) is 18.6. The predicted molar refractivity (Wildman–Crippen MR) is 164 cm³/mol. The Morgan fingerprint density at radius 2 is 1.78 bits per heavy atom. The SMILES string of the molecule is CN(C)CCCCCCOc1nc(N2CC3CCC(C2)N3)c2cc(Cl)c(-c3cc(O)cc4ccccc34)c(F)c2n1. The van der Waals surface area contributed by atoms with E-state index in [0.717, 1.165) is 68.9 Å². The van der Waals surface area contributed by atoms with Crippen LogP contribution < -0.4 is 15.0 Å². The maximum absolute atomic E-state index is 16.6. The molecule has 2 bridgehead atoms. The number of hydrogen-bond donors (Lipinski definition) is 2. The molecule has 0 aliphatic carbocycles. The van der Waals surface area contributed by atoms with Crippen LogP contribution in [0.15, 0.2) is 42.5 Å². The number of nitrogens with zero attached hydrogens (tertiary/aromatic N) is 4. The van der Waals surface area contributed by atoms with Crippen molar-refractivity contribution in [2.24, 2.45) is 0 Å². The predicted octanol–water partition coefficient (Wildman–Crippen LogP) is 6.39. The fraction of sp³-hybridized carbons (Fsp3) is 0.438. The zero-order valence-corrected chi connectivity index (χ0v) is 24.4. The standard InChI is InChI=1S/C32H37ClFN5O2/c1-38(2)13-7-3-4-8-14-41-32-36-30-26(31(37-32)39-18-21-11-12-22(19-39)35-21)17-27(33)28(29(30)34)25-16-23(40)15-20-9-5-6-10-24(20)25/h5-6,9-10,15-17,21-22,35,40H,3-4,7-8,11-14,18-19H2,1-2H3. The van der Waals surface area contributed by atoms with Crippen LogP contribution in [0.1, 0.15) is 38.5 Å². The largest absolute Gasteiger partial charge is 0.508 e. The summed E-state index contributed by atoms with van der Waals surface area (Å²) in [5, 5.41) is 16.5. The minimum Gasteiger partial charge on any atom is -0.508 e. The molecule has 4 aromatic rings. The van der Waals surface area contributed by atoms with E-state index >= 15 is 4.39 Å². The van der Waals surface area contributed by atoms with Gasteiger partial charge in [-0.1, -0.05) is 48.7 Å². The lowest BCUT2D eigenvalue weighted by Crippen LogP contribution is -2.51. The van der Waals surface area contributed by atoms with Crippen molar-refractivity contribution in [1.82, 2.24) is 20.2 Å². The number of piperazine rings is 1. The van der Waals surface area contributed by atoms with Gasteiger partial charge >= 0.3 is 6.01 Å². The molecule has 9 heteroatoms. The number of ether oxygens (including phenoxy) is 1. The van der Waals surface area contributed by atoms with Crippen molar-refractivity contribution in [3.05, 3.63) is 53.3 Å². The van der Waals surface area contributed by atoms with Gasteiger partial charge in [0.1, 0.15) is 17.1 Å². The lowest BCUT2D eigenvalue weighted by molar-refractivity contribution is 0.280. The first-order chi connectivity index (χ1) is 19.9. The molecule has 2 fully saturated rings. The highest BCUT2D eigenvalue weighted by Gasteiger charge is 2.34. The van der Waals surface area contributed by atoms with E-state index in [1.807, 2.05) is 24.3 Å². The van der Waals surface area contributed by atoms with Crippen LogP contribution in [0.4, 0.5) is 10.2 Å². The molecule has 0 radical (unpaired) electrons. The van der Waals surface area contributed by atoms with E-state index < -0.39 is 5.82 Å². The lowest BCUT2D eigenvalue weighted by Gasteiger charge is -2.34. The van der Waals surface area contributed by atoms with Crippen molar-refractivity contribution in [2.45, 2.75) is 50.6 Å². The summed E-state index contributed by atoms with van der Waals surface area (Å²) in [6, 6.07) is 13.5. The Kier molecular flexibility index (Phi) is 8.15. The van der Waals surface area contributed by atoms with E-state index in [4.69, 9.17) is 21.3 Å². The Morgan fingerprint density at radius 1 is 1.02 bits per heavy atom. The molecule has 6 rings (SSSR count). The molecular formula is C32H37ClFN5O2. The molecule has 7 nitrogen and oxygen atoms in total. The number of phenolic OH excluding ortho intramolecular Hbond substituents is 1. The van der Waals surface area contributed by atoms with Crippen molar-refractivity contribution in [3.63, 3.8) is 0 Å². The number of aromatic nitrogens is 2. The molecule has 216 valence electrons. The molecule has 2 N–H and O–H groups in total. The van der Waals surface area contributed by atoms with Gasteiger partial charge in [0, 0.05) is 36.1 Å². The van der Waals surface area contributed by atoms with Gasteiger partial charge in [-0.05, 0) is 80.9 Å². The molecule has 41 heavy (non-hydrogen) atoms. The number of nitrogens with one attached hydrogen (secondary N) is 1. The summed E-state index contributed by atoms with van der Waals surface area (Å²) < 4.78 is 22.7. The van der Waals surface area contributed by atoms with Gasteiger partial charge < -0.3 is 25.0 Å². The topological polar surface area (TPSA) is 73.8 Å². The zero-order valence-electron chi connectivity index (χ0n) is 23.7. The third-order valence-electron chi connectivity index (χ3n) is 8.21. The first kappa shape index (κ1) is 27.9. The molecule has 3 aromatic carbocycles. The summed E-state index contributed by atoms with van der Waals surface area (Å²) in [5.74, 6) is 0.157. The number of unbranched alkanes of at least 4 members (excludes halogenated alkanes) is 3. The van der Waals surface area contributed by atoms with Gasteiger partial charge in [0.2, 0.25) is 0 Å². The van der Waals surface area contributed by atoms with E-state index in [1.54, 1.807) is 18.2 Å². The van der Waals surface area contributed by atoms with Gasteiger partial charge in [-0.15, -0.1) is 0 Å². The van der Waals surface area contributed by atoms with Crippen molar-refractivity contribution < 1.29 is 14.2 Å². The minimum atomic E-state index is -0.543. The van der Waals surface area contributed by atoms with Crippen molar-refractivity contribution >= 4 is 39.1 Å². The van der Waals surface area contributed by atoms with Gasteiger partial charge in [0.25, 0.3) is 0 Å². The fourth-order valence-corrected chi connectivity index (χ4v) is 6.52. The van der Waals surface area contributed by atoms with Gasteiger partial charge in [-0.2, -0.15) is 9.97 Å². The van der Waals surface area contributed by atoms with Gasteiger partial charge in [0.15, 0.2) is 5.82 Å². The number of benzene rings is 3. The van der Waals surface area contributed by atoms with Crippen LogP contribution in [0.3, 0.4) is 0 Å². The quantitative estimate of drug-likeness (QED) is 0.212. The lowest BCUT2D eigenvalue weighted by atomic mass is 9.96. The Balaban J connectivity index is 1.38. The van der Waals surface area contributed by atoms with Crippen LogP contribution in [0.2, 0.25) is 5.02 Å². The summed E-state index contributed by atoms with van der Waals surface area (Å²) in [7, 11) is 4.17. The molecule has 0 amide bonds. The van der Waals surface area contributed by atoms with Crippen LogP contribution in [-0.2, 0) is 0 Å². The van der Waals surface area contributed by atoms with Crippen molar-refractivity contribution in [2.75, 3.05) is 45.2 Å². The Bertz CT molecular complexity index is 1550. The second kappa shape index (κ2) is 12.0. The molecule has 0 saturated carbocycles. The molecule has 3 heterocycles. The summed E-state index contributed by atoms with van der Waals surface area (Å²) in [4.78, 5) is 13.8. The molecule has 0 spiro atoms. The van der Waals surface area contributed by atoms with Crippen LogP contribution in [0.5, 0.6) is 11.8 Å². The van der Waals surface area contributed by atoms with Crippen LogP contribution in [-0.4, -0.2) is 72.4 Å². The maximum atomic E-state index is 16.6. The third-order valence-corrected chi connectivity index (χ3v) is 8.50. The van der Waals surface area contributed by atoms with Crippen LogP contribution >= 0.6 is 11.6 Å². The molecule has 2 aliphatic heterocycles. The molecule has 1 aromatic heterocycles. The van der Waals surface area contributed by atoms with Gasteiger partial charge in [0.05, 0.1) is 11.6 Å². The highest BCUT2D eigenvalue weighted by atomic mass is 35.5. The fourth-order valence-electron chi connectivity index (χ4n) is 6.23. The minimum absolute atomic E-state index is 0.0449. The van der Waals surface area contributed by atoms with E-state index in [9.17, 15) is 5.11 Å². The number of hydrogen-bond acceptors (Lipinski definition) is 7. The first-order valence-corrected chi connectivity index (χ1v) is 15.0. The van der Waals surface area contributed by atoms with Crippen molar-refractivity contribution in [3.8, 4) is 22.9 Å². The number of anilines is 1. The van der Waals surface area contributed by atoms with Gasteiger partial charge in [-0.3, -0.25) is 0 Å². The number of fused-ring (bicyclic) bond motifs is 4. The summed E-state index contributed by atoms with van der Waals surface area (Å²) in [5.41, 5.74) is 0.905. The average molecular weight is 578 g/mol. The molecule has 2 aliphatic rings. The molecule has 2 saturated heterocycles. The number of aromatic hydroxyl groups is 1. The first-order valence-electron chi connectivity index (χ1n) is 14.6. The molecular weight excluding hydrogens is 541 g/mol. The molecule has 2 atom stereocenters. The van der Waals surface area contributed by atoms with Crippen LogP contribution in [0, 0.1) is 5.82 Å². The van der Waals surface area contributed by atoms with Gasteiger partial charge in [-0.25, -0.2) is 4.39 Å². The second-order valence-electron chi connectivity index (χ2n) is 11.6. The van der Waals surface area contributed by atoms with E-state index in [-0.39, 0.29) is 27.9 Å². The highest BCUT2D eigenvalue weighted by molar-refractivity contribution is 6.35. The maximum Gasteiger partial charge on any atom is 0.319 e. The summed E-state index contributed by atoms with van der Waals surface area (Å²) in [6.45, 7) is 3.11. The average Bonchev–Trinajstić information content (AvgIpc) is 3.29. The summed E-state index contributed by atoms with van der Waals surface area (Å²) in [6.07, 6.45) is 6.44. The number of rotatable bonds is 10. The number of halogens is 2. The Hall–Kier alpha value is -3.20.